The van der Waals surface area contributed by atoms with Gasteiger partial charge >= 0.3 is 0 Å². The fourth-order valence-electron chi connectivity index (χ4n) is 1.95. The normalized spacial score (nSPS) is 16.7. The summed E-state index contributed by atoms with van der Waals surface area (Å²) in [6.07, 6.45) is 0. The maximum absolute atomic E-state index is 10.9. The number of halogens is 1. The third kappa shape index (κ3) is 1.52. The van der Waals surface area contributed by atoms with E-state index in [1.54, 1.807) is 7.85 Å². The van der Waals surface area contributed by atoms with Crippen molar-refractivity contribution in [3.05, 3.63) is 26.2 Å². The summed E-state index contributed by atoms with van der Waals surface area (Å²) in [5, 5.41) is 10.9. The van der Waals surface area contributed by atoms with Crippen molar-refractivity contribution in [1.82, 2.24) is 0 Å². The lowest BCUT2D eigenvalue weighted by molar-refractivity contribution is -0.384. The van der Waals surface area contributed by atoms with Gasteiger partial charge in [0, 0.05) is 11.0 Å². The summed E-state index contributed by atoms with van der Waals surface area (Å²) in [5.74, 6) is 0.613. The molecule has 0 saturated heterocycles. The highest BCUT2D eigenvalue weighted by Gasteiger charge is 2.36. The molecule has 0 aliphatic carbocycles. The van der Waals surface area contributed by atoms with Crippen LogP contribution in [0.4, 0.5) is 5.69 Å². The number of ether oxygens (including phenoxy) is 1. The molecular weight excluding hydrogens is 273 g/mol. The van der Waals surface area contributed by atoms with Crippen molar-refractivity contribution in [3.8, 4) is 5.75 Å². The second kappa shape index (κ2) is 3.48. The minimum Gasteiger partial charge on any atom is -0.491 e. The predicted molar refractivity (Wildman–Crippen MR) is 67.5 cm³/mol. The smallest absolute Gasteiger partial charge is 0.280 e. The van der Waals surface area contributed by atoms with E-state index in [4.69, 9.17) is 4.74 Å². The van der Waals surface area contributed by atoms with Crippen molar-refractivity contribution in [2.45, 2.75) is 19.3 Å². The van der Waals surface area contributed by atoms with E-state index in [0.29, 0.717) is 22.3 Å². The molecule has 0 bridgehead atoms. The average molecular weight is 284 g/mol. The van der Waals surface area contributed by atoms with Crippen molar-refractivity contribution in [1.29, 1.82) is 0 Å². The molecule has 1 heterocycles. The van der Waals surface area contributed by atoms with Crippen LogP contribution < -0.4 is 10.2 Å². The van der Waals surface area contributed by atoms with E-state index in [-0.39, 0.29) is 16.0 Å². The van der Waals surface area contributed by atoms with E-state index in [1.807, 2.05) is 6.07 Å². The van der Waals surface area contributed by atoms with Crippen LogP contribution in [0.15, 0.2) is 10.5 Å². The lowest BCUT2D eigenvalue weighted by Gasteiger charge is -2.15. The van der Waals surface area contributed by atoms with Crippen LogP contribution in [0.5, 0.6) is 5.75 Å². The Morgan fingerprint density at radius 1 is 1.62 bits per heavy atom. The number of fused-ring (bicyclic) bond motifs is 1. The van der Waals surface area contributed by atoms with E-state index in [9.17, 15) is 10.1 Å². The van der Waals surface area contributed by atoms with Gasteiger partial charge in [-0.05, 0) is 21.4 Å². The van der Waals surface area contributed by atoms with Crippen molar-refractivity contribution < 1.29 is 9.66 Å². The van der Waals surface area contributed by atoms with Crippen LogP contribution in [0.3, 0.4) is 0 Å². The highest BCUT2D eigenvalue weighted by Crippen LogP contribution is 2.45. The molecule has 1 aromatic carbocycles. The van der Waals surface area contributed by atoms with E-state index >= 15 is 0 Å². The standard InChI is InChI=1S/C10H11BBrNO3/c1-10(2)4-16-9-5(10)3-6(11)8(7(9)12)13(14)15/h3H,4,11H2,1-2H3. The van der Waals surface area contributed by atoms with Gasteiger partial charge in [0.2, 0.25) is 0 Å². The van der Waals surface area contributed by atoms with Crippen LogP contribution >= 0.6 is 15.9 Å². The molecule has 0 spiro atoms. The van der Waals surface area contributed by atoms with Gasteiger partial charge in [-0.2, -0.15) is 0 Å². The number of benzene rings is 1. The zero-order valence-electron chi connectivity index (χ0n) is 9.33. The topological polar surface area (TPSA) is 52.4 Å². The van der Waals surface area contributed by atoms with E-state index in [1.165, 1.54) is 0 Å². The Morgan fingerprint density at radius 3 is 2.81 bits per heavy atom. The number of rotatable bonds is 1. The molecule has 4 nitrogen and oxygen atoms in total. The first-order valence-electron chi connectivity index (χ1n) is 4.95. The van der Waals surface area contributed by atoms with Gasteiger partial charge in [0.1, 0.15) is 18.1 Å². The number of hydrogen-bond acceptors (Lipinski definition) is 3. The Hall–Kier alpha value is -1.04. The predicted octanol–water partition coefficient (Wildman–Crippen LogP) is 1.29. The molecule has 0 N–H and O–H groups in total. The molecule has 84 valence electrons. The van der Waals surface area contributed by atoms with Gasteiger partial charge in [-0.1, -0.05) is 19.9 Å². The summed E-state index contributed by atoms with van der Waals surface area (Å²) in [5.41, 5.74) is 1.70. The van der Waals surface area contributed by atoms with Crippen LogP contribution in [-0.4, -0.2) is 19.4 Å². The van der Waals surface area contributed by atoms with Gasteiger partial charge < -0.3 is 4.74 Å². The molecule has 0 saturated carbocycles. The summed E-state index contributed by atoms with van der Waals surface area (Å²) < 4.78 is 6.00. The molecule has 0 radical (unpaired) electrons. The Labute approximate surface area is 103 Å². The summed E-state index contributed by atoms with van der Waals surface area (Å²) in [4.78, 5) is 10.5. The summed E-state index contributed by atoms with van der Waals surface area (Å²) in [7, 11) is 1.75. The summed E-state index contributed by atoms with van der Waals surface area (Å²) in [6.45, 7) is 4.69. The van der Waals surface area contributed by atoms with Crippen LogP contribution in [0.25, 0.3) is 0 Å². The molecule has 0 atom stereocenters. The molecule has 16 heavy (non-hydrogen) atoms. The minimum atomic E-state index is -0.381. The third-order valence-corrected chi connectivity index (χ3v) is 3.61. The Bertz CT molecular complexity index is 487. The lowest BCUT2D eigenvalue weighted by Crippen LogP contribution is -2.20. The third-order valence-electron chi connectivity index (χ3n) is 2.88. The first kappa shape index (κ1) is 11.5. The molecule has 0 amide bonds. The van der Waals surface area contributed by atoms with Crippen LogP contribution in [-0.2, 0) is 5.41 Å². The first-order valence-corrected chi connectivity index (χ1v) is 5.74. The molecule has 0 aromatic heterocycles. The highest BCUT2D eigenvalue weighted by atomic mass is 79.9. The monoisotopic (exact) mass is 283 g/mol. The van der Waals surface area contributed by atoms with Crippen molar-refractivity contribution in [2.24, 2.45) is 0 Å². The second-order valence-electron chi connectivity index (χ2n) is 4.66. The molecule has 1 aromatic rings. The molecule has 6 heteroatoms. The molecule has 1 aliphatic heterocycles. The molecule has 0 fully saturated rings. The van der Waals surface area contributed by atoms with Gasteiger partial charge in [0.15, 0.2) is 0 Å². The maximum Gasteiger partial charge on any atom is 0.280 e. The van der Waals surface area contributed by atoms with Gasteiger partial charge in [0.25, 0.3) is 5.69 Å². The average Bonchev–Trinajstić information content (AvgIpc) is 2.42. The zero-order chi connectivity index (χ0) is 12.1. The van der Waals surface area contributed by atoms with Gasteiger partial charge in [0.05, 0.1) is 11.5 Å². The Kier molecular flexibility index (Phi) is 2.49. The number of hydrogen-bond donors (Lipinski definition) is 0. The van der Waals surface area contributed by atoms with Gasteiger partial charge in [-0.3, -0.25) is 10.1 Å². The first-order chi connectivity index (χ1) is 7.34. The van der Waals surface area contributed by atoms with Gasteiger partial charge in [-0.25, -0.2) is 0 Å². The minimum absolute atomic E-state index is 0.0856. The number of nitro benzene ring substituents is 1. The van der Waals surface area contributed by atoms with E-state index in [2.05, 4.69) is 29.8 Å². The Morgan fingerprint density at radius 2 is 2.25 bits per heavy atom. The largest absolute Gasteiger partial charge is 0.491 e. The fraction of sp³-hybridized carbons (Fsp3) is 0.400. The van der Waals surface area contributed by atoms with Gasteiger partial charge in [-0.15, -0.1) is 0 Å². The second-order valence-corrected chi connectivity index (χ2v) is 5.46. The van der Waals surface area contributed by atoms with E-state index < -0.39 is 0 Å². The number of nitrogens with zero attached hydrogens (tertiary/aromatic N) is 1. The fourth-order valence-corrected chi connectivity index (χ4v) is 2.73. The Balaban J connectivity index is 2.72. The van der Waals surface area contributed by atoms with Crippen molar-refractivity contribution in [2.75, 3.05) is 6.61 Å². The highest BCUT2D eigenvalue weighted by molar-refractivity contribution is 9.10. The maximum atomic E-state index is 10.9. The van der Waals surface area contributed by atoms with Crippen LogP contribution in [0, 0.1) is 10.1 Å². The molecule has 0 unspecified atom stereocenters. The molecule has 1 aliphatic rings. The zero-order valence-corrected chi connectivity index (χ0v) is 10.9. The lowest BCUT2D eigenvalue weighted by atomic mass is 9.82. The number of nitro groups is 1. The quantitative estimate of drug-likeness (QED) is 0.443. The van der Waals surface area contributed by atoms with Crippen molar-refractivity contribution >= 4 is 34.9 Å². The SMILES string of the molecule is Bc1cc2c(c(Br)c1[N+](=O)[O-])OCC2(C)C. The summed E-state index contributed by atoms with van der Waals surface area (Å²) in [6, 6.07) is 1.85. The summed E-state index contributed by atoms with van der Waals surface area (Å²) >= 11 is 3.27. The van der Waals surface area contributed by atoms with Crippen molar-refractivity contribution in [3.63, 3.8) is 0 Å². The van der Waals surface area contributed by atoms with Crippen LogP contribution in [0.2, 0.25) is 0 Å². The van der Waals surface area contributed by atoms with Crippen LogP contribution in [0.1, 0.15) is 19.4 Å². The van der Waals surface area contributed by atoms with E-state index in [0.717, 1.165) is 5.56 Å². The molecular formula is C10H11BBrNO3. The molecule has 2 rings (SSSR count).